The molecule has 1 amide bonds. The van der Waals surface area contributed by atoms with Gasteiger partial charge in [0.25, 0.3) is 5.91 Å². The lowest BCUT2D eigenvalue weighted by molar-refractivity contribution is -0.117. The Hall–Kier alpha value is -2.71. The summed E-state index contributed by atoms with van der Waals surface area (Å²) in [6.45, 7) is 7.49. The molecular weight excluding hydrogens is 434 g/mol. The number of fused-ring (bicyclic) bond motifs is 1. The number of benzene rings is 1. The third kappa shape index (κ3) is 5.92. The molecule has 1 aromatic carbocycles. The number of Topliss-reactive ketones (excluding diaryl/α,β-unsaturated/α-hetero) is 1. The van der Waals surface area contributed by atoms with Crippen LogP contribution in [0, 0.1) is 0 Å². The van der Waals surface area contributed by atoms with Crippen molar-refractivity contribution in [1.29, 1.82) is 0 Å². The molecule has 0 atom stereocenters. The summed E-state index contributed by atoms with van der Waals surface area (Å²) in [5.41, 5.74) is 0.755. The lowest BCUT2D eigenvalue weighted by atomic mass is 10.1. The Bertz CT molecular complexity index is 1120. The highest BCUT2D eigenvalue weighted by molar-refractivity contribution is 7.17. The van der Waals surface area contributed by atoms with E-state index in [1.54, 1.807) is 34.5 Å². The predicted molar refractivity (Wildman–Crippen MR) is 123 cm³/mol. The van der Waals surface area contributed by atoms with E-state index in [9.17, 15) is 19.5 Å². The largest absolute Gasteiger partial charge is 0.508 e. The number of phenolic OH excluding ortho intramolecular Hbond substituents is 1. The van der Waals surface area contributed by atoms with E-state index in [4.69, 9.17) is 4.74 Å². The van der Waals surface area contributed by atoms with Crippen molar-refractivity contribution in [2.75, 3.05) is 6.54 Å². The lowest BCUT2D eigenvalue weighted by Crippen LogP contribution is -2.32. The number of hydrogen-bond donors (Lipinski definition) is 1. The maximum atomic E-state index is 13.3. The van der Waals surface area contributed by atoms with E-state index in [0.717, 1.165) is 15.6 Å². The quantitative estimate of drug-likeness (QED) is 0.488. The molecule has 0 unspecified atom stereocenters. The van der Waals surface area contributed by atoms with Gasteiger partial charge in [0.05, 0.1) is 5.56 Å². The molecule has 0 aliphatic rings. The van der Waals surface area contributed by atoms with E-state index in [2.05, 4.69) is 0 Å². The minimum atomic E-state index is -0.584. The summed E-state index contributed by atoms with van der Waals surface area (Å²) < 4.78 is 6.23. The van der Waals surface area contributed by atoms with Gasteiger partial charge in [-0.1, -0.05) is 0 Å². The molecule has 0 saturated heterocycles. The van der Waals surface area contributed by atoms with Gasteiger partial charge in [-0.2, -0.15) is 0 Å². The topological polar surface area (TPSA) is 83.9 Å². The summed E-state index contributed by atoms with van der Waals surface area (Å²) in [7, 11) is 0. The average molecular weight is 460 g/mol. The number of nitrogens with zero attached hydrogens (tertiary/aromatic N) is 1. The summed E-state index contributed by atoms with van der Waals surface area (Å²) in [5, 5.41) is 14.0. The average Bonchev–Trinajstić information content (AvgIpc) is 3.29. The van der Waals surface area contributed by atoms with E-state index in [1.807, 2.05) is 26.2 Å². The van der Waals surface area contributed by atoms with Crippen molar-refractivity contribution in [1.82, 2.24) is 4.90 Å². The number of thiophene rings is 2. The third-order valence-electron chi connectivity index (χ3n) is 4.44. The van der Waals surface area contributed by atoms with Crippen LogP contribution in [-0.4, -0.2) is 39.8 Å². The van der Waals surface area contributed by atoms with Crippen LogP contribution in [0.2, 0.25) is 0 Å². The lowest BCUT2D eigenvalue weighted by Gasteiger charge is -2.22. The Morgan fingerprint density at radius 3 is 2.52 bits per heavy atom. The Balaban J connectivity index is 1.83. The van der Waals surface area contributed by atoms with Crippen molar-refractivity contribution >= 4 is 50.4 Å². The number of phenols is 1. The monoisotopic (exact) mass is 459 g/mol. The molecule has 31 heavy (non-hydrogen) atoms. The molecule has 6 nitrogen and oxygen atoms in total. The number of aromatic hydroxyl groups is 1. The summed E-state index contributed by atoms with van der Waals surface area (Å²) in [5.74, 6) is -0.440. The maximum absolute atomic E-state index is 13.3. The molecule has 3 aromatic rings. The zero-order chi connectivity index (χ0) is 22.8. The van der Waals surface area contributed by atoms with Crippen LogP contribution >= 0.6 is 22.7 Å². The zero-order valence-electron chi connectivity index (χ0n) is 17.9. The maximum Gasteiger partial charge on any atom is 0.348 e. The highest BCUT2D eigenvalue weighted by atomic mass is 32.1. The highest BCUT2D eigenvalue weighted by Gasteiger charge is 2.23. The summed E-state index contributed by atoms with van der Waals surface area (Å²) in [6, 6.07) is 6.64. The van der Waals surface area contributed by atoms with Crippen LogP contribution in [0.4, 0.5) is 0 Å². The van der Waals surface area contributed by atoms with Crippen LogP contribution in [0.3, 0.4) is 0 Å². The minimum absolute atomic E-state index is 0.00217. The Morgan fingerprint density at radius 1 is 1.10 bits per heavy atom. The van der Waals surface area contributed by atoms with Gasteiger partial charge < -0.3 is 14.7 Å². The van der Waals surface area contributed by atoms with E-state index >= 15 is 0 Å². The number of hydrogen-bond acceptors (Lipinski definition) is 7. The first-order chi connectivity index (χ1) is 14.5. The van der Waals surface area contributed by atoms with E-state index < -0.39 is 11.6 Å². The molecule has 0 aliphatic carbocycles. The van der Waals surface area contributed by atoms with Gasteiger partial charge in [-0.25, -0.2) is 4.79 Å². The molecule has 8 heteroatoms. The molecule has 0 bridgehead atoms. The van der Waals surface area contributed by atoms with Crippen molar-refractivity contribution < 1.29 is 24.2 Å². The van der Waals surface area contributed by atoms with Crippen molar-refractivity contribution in [2.24, 2.45) is 0 Å². The van der Waals surface area contributed by atoms with Crippen LogP contribution in [0.15, 0.2) is 35.0 Å². The Morgan fingerprint density at radius 2 is 1.84 bits per heavy atom. The SMILES string of the molecule is CC(=O)CCN(Cc1csc(C(=O)OC(C)(C)C)c1)C(=O)c1csc2cc(O)ccc12. The van der Waals surface area contributed by atoms with Crippen LogP contribution in [0.25, 0.3) is 10.1 Å². The van der Waals surface area contributed by atoms with E-state index in [1.165, 1.54) is 29.6 Å². The number of rotatable bonds is 7. The van der Waals surface area contributed by atoms with Crippen LogP contribution < -0.4 is 0 Å². The van der Waals surface area contributed by atoms with Gasteiger partial charge in [0, 0.05) is 35.0 Å². The summed E-state index contributed by atoms with van der Waals surface area (Å²) >= 11 is 2.66. The van der Waals surface area contributed by atoms with Gasteiger partial charge in [-0.15, -0.1) is 22.7 Å². The number of esters is 1. The first kappa shape index (κ1) is 23.0. The second kappa shape index (κ2) is 9.20. The zero-order valence-corrected chi connectivity index (χ0v) is 19.6. The standard InChI is InChI=1S/C23H25NO5S2/c1-14(25)7-8-24(11-15-9-20(30-12-15)22(28)29-23(2,3)4)21(27)18-13-31-19-10-16(26)5-6-17(18)19/h5-6,9-10,12-13,26H,7-8,11H2,1-4H3. The number of carbonyl (C=O) groups excluding carboxylic acids is 3. The van der Waals surface area contributed by atoms with Crippen LogP contribution in [0.5, 0.6) is 5.75 Å². The molecular formula is C23H25NO5S2. The Kier molecular flexibility index (Phi) is 6.81. The van der Waals surface area contributed by atoms with Crippen molar-refractivity contribution in [2.45, 2.75) is 46.3 Å². The van der Waals surface area contributed by atoms with E-state index in [-0.39, 0.29) is 37.0 Å². The van der Waals surface area contributed by atoms with Gasteiger partial charge in [0.1, 0.15) is 22.0 Å². The summed E-state index contributed by atoms with van der Waals surface area (Å²) in [4.78, 5) is 39.3. The minimum Gasteiger partial charge on any atom is -0.508 e. The molecule has 1 N–H and O–H groups in total. The van der Waals surface area contributed by atoms with Crippen molar-refractivity contribution in [3.05, 3.63) is 51.0 Å². The number of amides is 1. The fourth-order valence-electron chi connectivity index (χ4n) is 3.01. The number of ether oxygens (including phenoxy) is 1. The number of carbonyl (C=O) groups is 3. The third-order valence-corrected chi connectivity index (χ3v) is 6.34. The van der Waals surface area contributed by atoms with E-state index in [0.29, 0.717) is 10.4 Å². The molecule has 0 spiro atoms. The second-order valence-electron chi connectivity index (χ2n) is 8.33. The van der Waals surface area contributed by atoms with Gasteiger partial charge in [-0.3, -0.25) is 9.59 Å². The smallest absolute Gasteiger partial charge is 0.348 e. The van der Waals surface area contributed by atoms with Gasteiger partial charge in [0.2, 0.25) is 0 Å². The molecule has 0 saturated carbocycles. The van der Waals surface area contributed by atoms with Crippen LogP contribution in [0.1, 0.15) is 59.7 Å². The molecule has 2 aromatic heterocycles. The van der Waals surface area contributed by atoms with Gasteiger partial charge in [-0.05, 0) is 62.9 Å². The van der Waals surface area contributed by atoms with Crippen LogP contribution in [-0.2, 0) is 16.1 Å². The second-order valence-corrected chi connectivity index (χ2v) is 10.2. The van der Waals surface area contributed by atoms with Crippen molar-refractivity contribution in [3.63, 3.8) is 0 Å². The Labute approximate surface area is 189 Å². The molecule has 3 rings (SSSR count). The normalized spacial score (nSPS) is 11.5. The first-order valence-electron chi connectivity index (χ1n) is 9.83. The first-order valence-corrected chi connectivity index (χ1v) is 11.6. The van der Waals surface area contributed by atoms with Gasteiger partial charge >= 0.3 is 5.97 Å². The fourth-order valence-corrected chi connectivity index (χ4v) is 4.76. The molecule has 164 valence electrons. The van der Waals surface area contributed by atoms with Gasteiger partial charge in [0.15, 0.2) is 0 Å². The summed E-state index contributed by atoms with van der Waals surface area (Å²) in [6.07, 6.45) is 0.248. The molecule has 0 radical (unpaired) electrons. The molecule has 0 aliphatic heterocycles. The predicted octanol–water partition coefficient (Wildman–Crippen LogP) is 5.25. The highest BCUT2D eigenvalue weighted by Crippen LogP contribution is 2.30. The molecule has 0 fully saturated rings. The fraction of sp³-hybridized carbons (Fsp3) is 0.348. The molecule has 2 heterocycles. The number of ketones is 1. The van der Waals surface area contributed by atoms with Crippen molar-refractivity contribution in [3.8, 4) is 5.75 Å².